The monoisotopic (exact) mass is 519 g/mol. The molecule has 1 amide bonds. The van der Waals surface area contributed by atoms with Crippen LogP contribution < -0.4 is 14.8 Å². The van der Waals surface area contributed by atoms with Crippen LogP contribution in [0, 0.1) is 16.0 Å². The van der Waals surface area contributed by atoms with Gasteiger partial charge in [-0.1, -0.05) is 37.2 Å². The lowest BCUT2D eigenvalue weighted by molar-refractivity contribution is -0.384. The Morgan fingerprint density at radius 1 is 1.17 bits per heavy atom. The lowest BCUT2D eigenvalue weighted by Crippen LogP contribution is -2.17. The summed E-state index contributed by atoms with van der Waals surface area (Å²) in [6.45, 7) is 6.67. The Labute approximate surface area is 212 Å². The van der Waals surface area contributed by atoms with Gasteiger partial charge in [-0.05, 0) is 43.2 Å². The lowest BCUT2D eigenvalue weighted by atomic mass is 10.2. The zero-order valence-electron chi connectivity index (χ0n) is 19.7. The third kappa shape index (κ3) is 7.09. The van der Waals surface area contributed by atoms with E-state index in [2.05, 4.69) is 29.4 Å². The van der Waals surface area contributed by atoms with Gasteiger partial charge in [0.05, 0.1) is 28.5 Å². The number of hydrogen-bond acceptors (Lipinski definition) is 8. The largest absolute Gasteiger partial charge is 0.497 e. The van der Waals surface area contributed by atoms with E-state index in [4.69, 9.17) is 21.1 Å². The second-order valence-corrected chi connectivity index (χ2v) is 9.39. The Morgan fingerprint density at radius 3 is 2.49 bits per heavy atom. The van der Waals surface area contributed by atoms with Crippen LogP contribution in [0.15, 0.2) is 47.6 Å². The van der Waals surface area contributed by atoms with Gasteiger partial charge in [-0.15, -0.1) is 10.2 Å². The maximum absolute atomic E-state index is 12.5. The fourth-order valence-electron chi connectivity index (χ4n) is 3.19. The molecular weight excluding hydrogens is 494 g/mol. The molecule has 0 radical (unpaired) electrons. The van der Waals surface area contributed by atoms with Crippen molar-refractivity contribution in [1.29, 1.82) is 0 Å². The highest BCUT2D eigenvalue weighted by molar-refractivity contribution is 7.99. The zero-order chi connectivity index (χ0) is 25.5. The van der Waals surface area contributed by atoms with Crippen LogP contribution in [0.3, 0.4) is 0 Å². The van der Waals surface area contributed by atoms with Crippen LogP contribution in [0.4, 0.5) is 11.4 Å². The first kappa shape index (κ1) is 26.3. The summed E-state index contributed by atoms with van der Waals surface area (Å²) >= 11 is 7.29. The minimum Gasteiger partial charge on any atom is -0.497 e. The number of hydrogen-bond donors (Lipinski definition) is 1. The number of carbonyl (C=O) groups is 1. The molecule has 3 rings (SSSR count). The summed E-state index contributed by atoms with van der Waals surface area (Å²) in [5.74, 6) is 1.98. The van der Waals surface area contributed by atoms with Crippen molar-refractivity contribution in [2.45, 2.75) is 38.6 Å². The standard InChI is InChI=1S/C23H26ClN5O5S/c1-14(2)12-28-22(15(3)34-18-8-6-17(33-4)7-9-18)26-27-23(28)35-13-21(30)25-20-11-16(29(31)32)5-10-19(20)24/h5-11,14-15H,12-13H2,1-4H3,(H,25,30). The molecule has 0 fully saturated rings. The number of benzene rings is 2. The van der Waals surface area contributed by atoms with Crippen LogP contribution in [0.2, 0.25) is 5.02 Å². The van der Waals surface area contributed by atoms with E-state index >= 15 is 0 Å². The van der Waals surface area contributed by atoms with Crippen molar-refractivity contribution in [3.05, 3.63) is 63.4 Å². The van der Waals surface area contributed by atoms with Gasteiger partial charge in [0.25, 0.3) is 5.69 Å². The highest BCUT2D eigenvalue weighted by atomic mass is 35.5. The quantitative estimate of drug-likeness (QED) is 0.204. The number of rotatable bonds is 11. The molecule has 1 N–H and O–H groups in total. The highest BCUT2D eigenvalue weighted by Crippen LogP contribution is 2.29. The number of methoxy groups -OCH3 is 1. The number of anilines is 1. The summed E-state index contributed by atoms with van der Waals surface area (Å²) in [6.07, 6.45) is -0.388. The minimum absolute atomic E-state index is 0.0168. The van der Waals surface area contributed by atoms with E-state index in [1.54, 1.807) is 7.11 Å². The first-order valence-corrected chi connectivity index (χ1v) is 12.1. The molecule has 0 saturated heterocycles. The number of nitro groups is 1. The van der Waals surface area contributed by atoms with E-state index in [9.17, 15) is 14.9 Å². The number of nitrogens with zero attached hydrogens (tertiary/aromatic N) is 4. The topological polar surface area (TPSA) is 121 Å². The highest BCUT2D eigenvalue weighted by Gasteiger charge is 2.21. The van der Waals surface area contributed by atoms with Gasteiger partial charge in [-0.2, -0.15) is 0 Å². The molecule has 0 aliphatic rings. The normalized spacial score (nSPS) is 11.8. The second kappa shape index (κ2) is 11.9. The number of nitrogens with one attached hydrogen (secondary N) is 1. The lowest BCUT2D eigenvalue weighted by Gasteiger charge is -2.18. The third-order valence-electron chi connectivity index (χ3n) is 4.80. The van der Waals surface area contributed by atoms with Crippen LogP contribution >= 0.6 is 23.4 Å². The fraction of sp³-hybridized carbons (Fsp3) is 0.348. The zero-order valence-corrected chi connectivity index (χ0v) is 21.3. The maximum Gasteiger partial charge on any atom is 0.271 e. The number of aromatic nitrogens is 3. The molecule has 10 nitrogen and oxygen atoms in total. The van der Waals surface area contributed by atoms with Crippen molar-refractivity contribution >= 4 is 40.6 Å². The summed E-state index contributed by atoms with van der Waals surface area (Å²) in [5, 5.41) is 23.0. The molecule has 35 heavy (non-hydrogen) atoms. The number of carbonyl (C=O) groups excluding carboxylic acids is 1. The van der Waals surface area contributed by atoms with Crippen LogP contribution in [-0.4, -0.2) is 38.5 Å². The van der Waals surface area contributed by atoms with Gasteiger partial charge in [-0.3, -0.25) is 14.9 Å². The molecule has 1 atom stereocenters. The van der Waals surface area contributed by atoms with E-state index in [1.807, 2.05) is 35.8 Å². The Balaban J connectivity index is 1.70. The van der Waals surface area contributed by atoms with Gasteiger partial charge < -0.3 is 19.4 Å². The molecule has 12 heteroatoms. The molecule has 1 aromatic heterocycles. The molecule has 3 aromatic rings. The van der Waals surface area contributed by atoms with Crippen LogP contribution in [-0.2, 0) is 11.3 Å². The van der Waals surface area contributed by atoms with Gasteiger partial charge >= 0.3 is 0 Å². The first-order chi connectivity index (χ1) is 16.7. The van der Waals surface area contributed by atoms with Crippen molar-refractivity contribution in [1.82, 2.24) is 14.8 Å². The average molecular weight is 520 g/mol. The van der Waals surface area contributed by atoms with E-state index in [0.717, 1.165) is 5.75 Å². The second-order valence-electron chi connectivity index (χ2n) is 8.04. The summed E-state index contributed by atoms with van der Waals surface area (Å²) in [6, 6.07) is 11.1. The van der Waals surface area contributed by atoms with Crippen molar-refractivity contribution in [2.75, 3.05) is 18.2 Å². The summed E-state index contributed by atoms with van der Waals surface area (Å²) < 4.78 is 13.2. The van der Waals surface area contributed by atoms with Crippen LogP contribution in [0.5, 0.6) is 11.5 Å². The Kier molecular flexibility index (Phi) is 8.94. The molecule has 1 unspecified atom stereocenters. The minimum atomic E-state index is -0.550. The predicted molar refractivity (Wildman–Crippen MR) is 134 cm³/mol. The van der Waals surface area contributed by atoms with E-state index in [1.165, 1.54) is 30.0 Å². The number of nitro benzene ring substituents is 1. The maximum atomic E-state index is 12.5. The molecule has 1 heterocycles. The third-order valence-corrected chi connectivity index (χ3v) is 6.09. The molecule has 0 aliphatic heterocycles. The van der Waals surface area contributed by atoms with Gasteiger partial charge in [0, 0.05) is 18.7 Å². The molecule has 0 aliphatic carbocycles. The smallest absolute Gasteiger partial charge is 0.271 e. The molecule has 2 aromatic carbocycles. The van der Waals surface area contributed by atoms with E-state index in [0.29, 0.717) is 29.2 Å². The molecule has 186 valence electrons. The number of non-ortho nitro benzene ring substituents is 1. The Morgan fingerprint density at radius 2 is 1.86 bits per heavy atom. The van der Waals surface area contributed by atoms with Gasteiger partial charge in [0.2, 0.25) is 5.91 Å². The van der Waals surface area contributed by atoms with E-state index < -0.39 is 4.92 Å². The van der Waals surface area contributed by atoms with Gasteiger partial charge in [0.15, 0.2) is 17.1 Å². The average Bonchev–Trinajstić information content (AvgIpc) is 3.21. The number of ether oxygens (including phenoxy) is 2. The summed E-state index contributed by atoms with van der Waals surface area (Å²) in [5.41, 5.74) is 0.0156. The summed E-state index contributed by atoms with van der Waals surface area (Å²) in [4.78, 5) is 23.0. The van der Waals surface area contributed by atoms with Gasteiger partial charge in [0.1, 0.15) is 11.5 Å². The van der Waals surface area contributed by atoms with Crippen LogP contribution in [0.1, 0.15) is 32.7 Å². The molecule has 0 bridgehead atoms. The van der Waals surface area contributed by atoms with Gasteiger partial charge in [-0.25, -0.2) is 0 Å². The Bertz CT molecular complexity index is 1190. The number of amides is 1. The van der Waals surface area contributed by atoms with Crippen LogP contribution in [0.25, 0.3) is 0 Å². The Hall–Kier alpha value is -3.31. The first-order valence-electron chi connectivity index (χ1n) is 10.8. The van der Waals surface area contributed by atoms with Crippen molar-refractivity contribution in [2.24, 2.45) is 5.92 Å². The molecule has 0 saturated carbocycles. The number of halogens is 1. The number of thioether (sulfide) groups is 1. The van der Waals surface area contributed by atoms with E-state index in [-0.39, 0.29) is 34.2 Å². The van der Waals surface area contributed by atoms with Crippen molar-refractivity contribution in [3.63, 3.8) is 0 Å². The van der Waals surface area contributed by atoms with Crippen molar-refractivity contribution < 1.29 is 19.2 Å². The molecule has 0 spiro atoms. The fourth-order valence-corrected chi connectivity index (χ4v) is 4.11. The predicted octanol–water partition coefficient (Wildman–Crippen LogP) is 5.38. The SMILES string of the molecule is COc1ccc(OC(C)c2nnc(SCC(=O)Nc3cc([N+](=O)[O-])ccc3Cl)n2CC(C)C)cc1. The molecular formula is C23H26ClN5O5S. The van der Waals surface area contributed by atoms with Crippen molar-refractivity contribution in [3.8, 4) is 11.5 Å². The summed E-state index contributed by atoms with van der Waals surface area (Å²) in [7, 11) is 1.60.